The number of ketones is 1. The molecular formula is C41H53B2N3O7. The Morgan fingerprint density at radius 3 is 1.30 bits per heavy atom. The van der Waals surface area contributed by atoms with E-state index in [1.54, 1.807) is 49.1 Å². The third-order valence-corrected chi connectivity index (χ3v) is 10.2. The summed E-state index contributed by atoms with van der Waals surface area (Å²) in [7, 11) is -0.839. The minimum absolute atomic E-state index is 0.166. The van der Waals surface area contributed by atoms with Gasteiger partial charge in [0.25, 0.3) is 0 Å². The number of carboxylic acids is 1. The molecule has 2 fully saturated rings. The Morgan fingerprint density at radius 2 is 0.943 bits per heavy atom. The van der Waals surface area contributed by atoms with Crippen LogP contribution >= 0.6 is 0 Å². The molecule has 0 unspecified atom stereocenters. The van der Waals surface area contributed by atoms with E-state index in [0.29, 0.717) is 13.0 Å². The van der Waals surface area contributed by atoms with Crippen molar-refractivity contribution in [1.82, 2.24) is 9.97 Å². The van der Waals surface area contributed by atoms with Crippen molar-refractivity contribution in [1.29, 1.82) is 0 Å². The van der Waals surface area contributed by atoms with Crippen LogP contribution in [-0.4, -0.2) is 70.0 Å². The van der Waals surface area contributed by atoms with Crippen LogP contribution in [-0.2, 0) is 31.5 Å². The lowest BCUT2D eigenvalue weighted by Crippen LogP contribution is -2.41. The first-order chi connectivity index (χ1) is 24.9. The molecule has 0 atom stereocenters. The first kappa shape index (κ1) is 41.6. The van der Waals surface area contributed by atoms with Crippen LogP contribution in [0.25, 0.3) is 0 Å². The summed E-state index contributed by atoms with van der Waals surface area (Å²) >= 11 is 0. The Bertz CT molecular complexity index is 1740. The lowest BCUT2D eigenvalue weighted by molar-refractivity contribution is 0.00578. The minimum Gasteiger partial charge on any atom is -0.478 e. The molecule has 4 heterocycles. The average molecular weight is 722 g/mol. The van der Waals surface area contributed by atoms with Crippen molar-refractivity contribution in [2.75, 3.05) is 6.54 Å². The van der Waals surface area contributed by atoms with Crippen LogP contribution in [0.3, 0.4) is 0 Å². The van der Waals surface area contributed by atoms with Crippen LogP contribution in [0.1, 0.15) is 100 Å². The molecule has 2 aliphatic heterocycles. The molecule has 0 amide bonds. The highest BCUT2D eigenvalue weighted by Crippen LogP contribution is 2.37. The summed E-state index contributed by atoms with van der Waals surface area (Å²) in [5, 5.41) is 8.84. The monoisotopic (exact) mass is 721 g/mol. The fourth-order valence-corrected chi connectivity index (χ4v) is 5.43. The Kier molecular flexibility index (Phi) is 13.9. The van der Waals surface area contributed by atoms with Gasteiger partial charge in [0.2, 0.25) is 0 Å². The fourth-order valence-electron chi connectivity index (χ4n) is 5.43. The number of nitrogens with two attached hydrogens (primary N) is 1. The second kappa shape index (κ2) is 17.8. The van der Waals surface area contributed by atoms with Gasteiger partial charge in [0.1, 0.15) is 0 Å². The highest BCUT2D eigenvalue weighted by Gasteiger charge is 2.52. The van der Waals surface area contributed by atoms with Crippen molar-refractivity contribution in [2.24, 2.45) is 5.73 Å². The van der Waals surface area contributed by atoms with Crippen LogP contribution < -0.4 is 16.7 Å². The van der Waals surface area contributed by atoms with Gasteiger partial charge < -0.3 is 29.5 Å². The number of aromatic carboxylic acids is 1. The number of rotatable bonds is 10. The Labute approximate surface area is 315 Å². The highest BCUT2D eigenvalue weighted by molar-refractivity contribution is 6.62. The molecule has 280 valence electrons. The predicted molar refractivity (Wildman–Crippen MR) is 210 cm³/mol. The summed E-state index contributed by atoms with van der Waals surface area (Å²) in [6.45, 7) is 16.8. The van der Waals surface area contributed by atoms with E-state index in [2.05, 4.69) is 9.97 Å². The third-order valence-electron chi connectivity index (χ3n) is 10.2. The molecule has 53 heavy (non-hydrogen) atoms. The fraction of sp³-hybridized carbons (Fsp3) is 0.415. The second-order valence-corrected chi connectivity index (χ2v) is 15.3. The molecule has 2 aliphatic rings. The van der Waals surface area contributed by atoms with Crippen LogP contribution in [0.4, 0.5) is 0 Å². The Morgan fingerprint density at radius 1 is 0.585 bits per heavy atom. The van der Waals surface area contributed by atoms with Crippen molar-refractivity contribution in [2.45, 2.75) is 103 Å². The van der Waals surface area contributed by atoms with Gasteiger partial charge in [-0.25, -0.2) is 4.79 Å². The summed E-state index contributed by atoms with van der Waals surface area (Å²) < 4.78 is 23.9. The maximum atomic E-state index is 12.4. The number of nitrogens with zero attached hydrogens (tertiary/aromatic N) is 2. The van der Waals surface area contributed by atoms with E-state index in [4.69, 9.17) is 29.5 Å². The maximum absolute atomic E-state index is 12.4. The zero-order valence-corrected chi connectivity index (χ0v) is 32.3. The largest absolute Gasteiger partial charge is 0.494 e. The van der Waals surface area contributed by atoms with Crippen molar-refractivity contribution in [3.8, 4) is 0 Å². The van der Waals surface area contributed by atoms with Crippen molar-refractivity contribution >= 4 is 36.9 Å². The van der Waals surface area contributed by atoms with Gasteiger partial charge in [0.15, 0.2) is 5.78 Å². The molecule has 12 heteroatoms. The summed E-state index contributed by atoms with van der Waals surface area (Å²) in [6.07, 6.45) is 10.3. The number of Topliss-reactive ketones (excluding diaryl/α,β-unsaturated/α-hetero) is 1. The lowest BCUT2D eigenvalue weighted by atomic mass is 9.78. The average Bonchev–Trinajstić information content (AvgIpc) is 3.49. The first-order valence-corrected chi connectivity index (χ1v) is 18.1. The van der Waals surface area contributed by atoms with E-state index in [9.17, 15) is 9.59 Å². The van der Waals surface area contributed by atoms with Gasteiger partial charge in [-0.1, -0.05) is 36.4 Å². The van der Waals surface area contributed by atoms with Gasteiger partial charge in [-0.2, -0.15) is 0 Å². The number of aryl methyl sites for hydroxylation is 1. The summed E-state index contributed by atoms with van der Waals surface area (Å²) in [6, 6.07) is 22.1. The molecule has 2 aromatic carbocycles. The van der Waals surface area contributed by atoms with Gasteiger partial charge in [-0.3, -0.25) is 14.8 Å². The summed E-state index contributed by atoms with van der Waals surface area (Å²) in [4.78, 5) is 31.1. The normalized spacial score (nSPS) is 17.6. The molecular weight excluding hydrogens is 668 g/mol. The number of benzene rings is 2. The molecule has 3 N–H and O–H groups in total. The van der Waals surface area contributed by atoms with Gasteiger partial charge in [0, 0.05) is 36.8 Å². The molecule has 10 nitrogen and oxygen atoms in total. The van der Waals surface area contributed by atoms with Crippen LogP contribution in [0, 0.1) is 0 Å². The van der Waals surface area contributed by atoms with E-state index < -0.39 is 20.2 Å². The van der Waals surface area contributed by atoms with Crippen molar-refractivity contribution in [3.05, 3.63) is 120 Å². The first-order valence-electron chi connectivity index (χ1n) is 18.1. The molecule has 0 saturated carbocycles. The van der Waals surface area contributed by atoms with Gasteiger partial charge in [0.05, 0.1) is 28.0 Å². The molecule has 4 aromatic rings. The maximum Gasteiger partial charge on any atom is 0.494 e. The second-order valence-electron chi connectivity index (χ2n) is 15.3. The predicted octanol–water partition coefficient (Wildman–Crippen LogP) is 5.85. The van der Waals surface area contributed by atoms with Crippen molar-refractivity contribution < 1.29 is 33.3 Å². The summed E-state index contributed by atoms with van der Waals surface area (Å²) in [5.74, 6) is -0.769. The molecule has 0 bridgehead atoms. The van der Waals surface area contributed by atoms with Crippen LogP contribution in [0.5, 0.6) is 0 Å². The van der Waals surface area contributed by atoms with E-state index in [0.717, 1.165) is 35.8 Å². The van der Waals surface area contributed by atoms with E-state index in [1.165, 1.54) is 11.1 Å². The zero-order chi connectivity index (χ0) is 38.9. The molecule has 6 rings (SSSR count). The lowest BCUT2D eigenvalue weighted by Gasteiger charge is -2.32. The molecule has 2 aromatic heterocycles. The topological polar surface area (TPSA) is 143 Å². The highest BCUT2D eigenvalue weighted by atomic mass is 16.7. The van der Waals surface area contributed by atoms with Gasteiger partial charge in [-0.15, -0.1) is 0 Å². The van der Waals surface area contributed by atoms with Crippen LogP contribution in [0.2, 0.25) is 0 Å². The quantitative estimate of drug-likeness (QED) is 0.151. The van der Waals surface area contributed by atoms with Gasteiger partial charge >= 0.3 is 20.2 Å². The Balaban J connectivity index is 0.000000200. The number of pyridine rings is 2. The zero-order valence-electron chi connectivity index (χ0n) is 32.3. The number of aromatic nitrogens is 2. The number of carbonyl (C=O) groups is 2. The third kappa shape index (κ3) is 11.2. The standard InChI is InChI=1S/C21H26BNO3.C13H17BO4.C7H10N2/c1-20(2)21(3,4)26-22(25-20)18-10-8-17(9-11-18)19(24)7-5-6-16-12-14-23-15-13-16;1-12(2)13(3,4)18-14(17-12)10-7-5-9(6-8-10)11(15)16;8-4-1-7-2-5-9-6-3-7/h8-15H,5-7H2,1-4H3;5-8H,1-4H3,(H,15,16);2-3,5-6H,1,4,8H2. The smallest absolute Gasteiger partial charge is 0.478 e. The number of hydrogen-bond acceptors (Lipinski definition) is 9. The molecule has 0 spiro atoms. The number of hydrogen-bond donors (Lipinski definition) is 2. The van der Waals surface area contributed by atoms with E-state index in [-0.39, 0.29) is 33.8 Å². The minimum atomic E-state index is -0.935. The summed E-state index contributed by atoms with van der Waals surface area (Å²) in [5.41, 5.74) is 9.08. The Hall–Kier alpha value is -4.19. The SMILES string of the molecule is CC1(C)OB(c2ccc(C(=O)CCCc3ccncc3)cc2)OC1(C)C.CC1(C)OB(c2ccc(C(=O)O)cc2)OC1(C)C.NCCc1ccncc1. The van der Waals surface area contributed by atoms with E-state index >= 15 is 0 Å². The van der Waals surface area contributed by atoms with Gasteiger partial charge in [-0.05, 0) is 140 Å². The van der Waals surface area contributed by atoms with Crippen molar-refractivity contribution in [3.63, 3.8) is 0 Å². The molecule has 0 aliphatic carbocycles. The molecule has 0 radical (unpaired) electrons. The number of carboxylic acid groups (broad SMARTS) is 1. The number of carbonyl (C=O) groups excluding carboxylic acids is 1. The van der Waals surface area contributed by atoms with E-state index in [1.807, 2.05) is 104 Å². The van der Waals surface area contributed by atoms with Crippen LogP contribution in [0.15, 0.2) is 97.6 Å². The molecule has 2 saturated heterocycles.